The second kappa shape index (κ2) is 6.14. The Morgan fingerprint density at radius 2 is 2.35 bits per heavy atom. The lowest BCUT2D eigenvalue weighted by atomic mass is 10.2. The van der Waals surface area contributed by atoms with Gasteiger partial charge in [0.25, 0.3) is 0 Å². The number of hydrogen-bond acceptors (Lipinski definition) is 3. The average Bonchev–Trinajstić information content (AvgIpc) is 2.38. The van der Waals surface area contributed by atoms with Crippen LogP contribution in [0.4, 0.5) is 0 Å². The molecule has 17 heavy (non-hydrogen) atoms. The molecular weight excluding hydrogens is 284 g/mol. The Morgan fingerprint density at radius 1 is 1.53 bits per heavy atom. The van der Waals surface area contributed by atoms with Gasteiger partial charge in [0.2, 0.25) is 5.91 Å². The normalized spacial score (nSPS) is 19.9. The van der Waals surface area contributed by atoms with E-state index in [4.69, 9.17) is 4.74 Å². The molecule has 4 nitrogen and oxygen atoms in total. The smallest absolute Gasteiger partial charge is 0.239 e. The Balaban J connectivity index is 1.85. The lowest BCUT2D eigenvalue weighted by Crippen LogP contribution is -2.51. The van der Waals surface area contributed by atoms with Gasteiger partial charge in [-0.3, -0.25) is 4.79 Å². The van der Waals surface area contributed by atoms with Crippen LogP contribution in [0.5, 0.6) is 0 Å². The van der Waals surface area contributed by atoms with Crippen molar-refractivity contribution in [1.82, 2.24) is 10.6 Å². The van der Waals surface area contributed by atoms with E-state index in [-0.39, 0.29) is 11.9 Å². The van der Waals surface area contributed by atoms with E-state index >= 15 is 0 Å². The molecule has 5 heteroatoms. The summed E-state index contributed by atoms with van der Waals surface area (Å²) < 4.78 is 6.25. The number of halogens is 1. The minimum Gasteiger partial charge on any atom is -0.378 e. The van der Waals surface area contributed by atoms with Gasteiger partial charge in [0, 0.05) is 17.6 Å². The molecule has 92 valence electrons. The highest BCUT2D eigenvalue weighted by Gasteiger charge is 2.20. The summed E-state index contributed by atoms with van der Waals surface area (Å²) in [5.41, 5.74) is 1.07. The highest BCUT2D eigenvalue weighted by molar-refractivity contribution is 9.10. The van der Waals surface area contributed by atoms with Gasteiger partial charge in [-0.15, -0.1) is 0 Å². The maximum absolute atomic E-state index is 11.8. The van der Waals surface area contributed by atoms with Gasteiger partial charge in [-0.2, -0.15) is 0 Å². The number of morpholine rings is 1. The van der Waals surface area contributed by atoms with Crippen LogP contribution < -0.4 is 10.6 Å². The maximum atomic E-state index is 11.8. The van der Waals surface area contributed by atoms with E-state index in [9.17, 15) is 4.79 Å². The van der Waals surface area contributed by atoms with Gasteiger partial charge in [-0.25, -0.2) is 0 Å². The Kier molecular flexibility index (Phi) is 4.53. The molecule has 1 amide bonds. The first-order chi connectivity index (χ1) is 8.27. The van der Waals surface area contributed by atoms with Crippen LogP contribution in [-0.2, 0) is 16.1 Å². The van der Waals surface area contributed by atoms with Crippen molar-refractivity contribution in [2.75, 3.05) is 19.8 Å². The lowest BCUT2D eigenvalue weighted by Gasteiger charge is -2.23. The topological polar surface area (TPSA) is 50.4 Å². The third-order valence-corrected chi connectivity index (χ3v) is 3.42. The van der Waals surface area contributed by atoms with Gasteiger partial charge in [-0.1, -0.05) is 34.1 Å². The predicted octanol–water partition coefficient (Wildman–Crippen LogP) is 1.05. The maximum Gasteiger partial charge on any atom is 0.239 e. The van der Waals surface area contributed by atoms with Crippen molar-refractivity contribution in [3.05, 3.63) is 34.3 Å². The summed E-state index contributed by atoms with van der Waals surface area (Å²) in [6, 6.07) is 7.62. The van der Waals surface area contributed by atoms with Crippen LogP contribution in [0, 0.1) is 0 Å². The van der Waals surface area contributed by atoms with E-state index in [1.54, 1.807) is 0 Å². The van der Waals surface area contributed by atoms with Gasteiger partial charge in [0.15, 0.2) is 0 Å². The van der Waals surface area contributed by atoms with E-state index < -0.39 is 0 Å². The highest BCUT2D eigenvalue weighted by atomic mass is 79.9. The molecule has 1 unspecified atom stereocenters. The van der Waals surface area contributed by atoms with Crippen molar-refractivity contribution in [3.63, 3.8) is 0 Å². The quantitative estimate of drug-likeness (QED) is 0.877. The van der Waals surface area contributed by atoms with E-state index in [2.05, 4.69) is 26.6 Å². The second-order valence-corrected chi connectivity index (χ2v) is 4.75. The molecule has 1 aliphatic rings. The highest BCUT2D eigenvalue weighted by Crippen LogP contribution is 2.15. The van der Waals surface area contributed by atoms with Crippen LogP contribution >= 0.6 is 15.9 Å². The molecule has 0 aromatic heterocycles. The third-order valence-electron chi connectivity index (χ3n) is 2.65. The summed E-state index contributed by atoms with van der Waals surface area (Å²) in [7, 11) is 0. The number of hydrogen-bond donors (Lipinski definition) is 2. The van der Waals surface area contributed by atoms with Crippen molar-refractivity contribution < 1.29 is 9.53 Å². The molecule has 1 aromatic rings. The molecule has 0 bridgehead atoms. The Bertz CT molecular complexity index is 392. The van der Waals surface area contributed by atoms with Crippen molar-refractivity contribution in [3.8, 4) is 0 Å². The molecule has 0 radical (unpaired) electrons. The van der Waals surface area contributed by atoms with Gasteiger partial charge in [0.1, 0.15) is 6.04 Å². The molecule has 1 heterocycles. The fourth-order valence-corrected chi connectivity index (χ4v) is 2.11. The van der Waals surface area contributed by atoms with Crippen molar-refractivity contribution in [1.29, 1.82) is 0 Å². The number of amides is 1. The Labute approximate surface area is 109 Å². The van der Waals surface area contributed by atoms with Crippen LogP contribution in [-0.4, -0.2) is 31.7 Å². The number of carbonyl (C=O) groups excluding carboxylic acids is 1. The molecule has 2 rings (SSSR count). The minimum absolute atomic E-state index is 0.0135. The number of carbonyl (C=O) groups is 1. The lowest BCUT2D eigenvalue weighted by molar-refractivity contribution is -0.126. The molecule has 1 aromatic carbocycles. The standard InChI is InChI=1S/C12H15BrN2O2/c13-10-4-2-1-3-9(10)7-15-12(16)11-8-17-6-5-14-11/h1-4,11,14H,5-8H2,(H,15,16). The third kappa shape index (κ3) is 3.52. The monoisotopic (exact) mass is 298 g/mol. The molecule has 0 aliphatic carbocycles. The van der Waals surface area contributed by atoms with Crippen LogP contribution in [0.3, 0.4) is 0 Å². The SMILES string of the molecule is O=C(NCc1ccccc1Br)C1COCCN1. The summed E-state index contributed by atoms with van der Waals surface area (Å²) in [6.45, 7) is 2.38. The fourth-order valence-electron chi connectivity index (χ4n) is 1.68. The first-order valence-electron chi connectivity index (χ1n) is 5.59. The molecule has 1 saturated heterocycles. The number of ether oxygens (including phenoxy) is 1. The van der Waals surface area contributed by atoms with Gasteiger partial charge < -0.3 is 15.4 Å². The zero-order valence-electron chi connectivity index (χ0n) is 9.41. The summed E-state index contributed by atoms with van der Waals surface area (Å²) >= 11 is 3.45. The van der Waals surface area contributed by atoms with Crippen LogP contribution in [0.15, 0.2) is 28.7 Å². The van der Waals surface area contributed by atoms with Gasteiger partial charge >= 0.3 is 0 Å². The van der Waals surface area contributed by atoms with E-state index in [0.717, 1.165) is 16.6 Å². The minimum atomic E-state index is -0.230. The molecule has 2 N–H and O–H groups in total. The van der Waals surface area contributed by atoms with Crippen molar-refractivity contribution >= 4 is 21.8 Å². The molecule has 0 spiro atoms. The molecular formula is C12H15BrN2O2. The summed E-state index contributed by atoms with van der Waals surface area (Å²) in [4.78, 5) is 11.8. The van der Waals surface area contributed by atoms with Crippen molar-refractivity contribution in [2.45, 2.75) is 12.6 Å². The second-order valence-electron chi connectivity index (χ2n) is 3.89. The molecule has 1 atom stereocenters. The number of benzene rings is 1. The van der Waals surface area contributed by atoms with Crippen LogP contribution in [0.25, 0.3) is 0 Å². The summed E-state index contributed by atoms with van der Waals surface area (Å²) in [5.74, 6) is -0.0135. The Morgan fingerprint density at radius 3 is 3.06 bits per heavy atom. The number of rotatable bonds is 3. The van der Waals surface area contributed by atoms with E-state index in [1.807, 2.05) is 24.3 Å². The van der Waals surface area contributed by atoms with Gasteiger partial charge in [0.05, 0.1) is 13.2 Å². The van der Waals surface area contributed by atoms with Crippen LogP contribution in [0.2, 0.25) is 0 Å². The van der Waals surface area contributed by atoms with Gasteiger partial charge in [-0.05, 0) is 11.6 Å². The summed E-state index contributed by atoms with van der Waals surface area (Å²) in [5, 5.41) is 6.02. The zero-order valence-corrected chi connectivity index (χ0v) is 11.0. The van der Waals surface area contributed by atoms with E-state index in [0.29, 0.717) is 19.8 Å². The predicted molar refractivity (Wildman–Crippen MR) is 68.6 cm³/mol. The molecule has 0 saturated carbocycles. The molecule has 1 aliphatic heterocycles. The Hall–Kier alpha value is -0.910. The van der Waals surface area contributed by atoms with E-state index in [1.165, 1.54) is 0 Å². The molecule has 1 fully saturated rings. The fraction of sp³-hybridized carbons (Fsp3) is 0.417. The van der Waals surface area contributed by atoms with Crippen LogP contribution in [0.1, 0.15) is 5.56 Å². The summed E-state index contributed by atoms with van der Waals surface area (Å²) in [6.07, 6.45) is 0. The first-order valence-corrected chi connectivity index (χ1v) is 6.39. The first kappa shape index (κ1) is 12.5. The van der Waals surface area contributed by atoms with Crippen molar-refractivity contribution in [2.24, 2.45) is 0 Å². The largest absolute Gasteiger partial charge is 0.378 e. The number of nitrogens with one attached hydrogen (secondary N) is 2. The zero-order chi connectivity index (χ0) is 12.1. The average molecular weight is 299 g/mol.